The lowest BCUT2D eigenvalue weighted by Gasteiger charge is -2.23. The number of amides is 1. The fourth-order valence-corrected chi connectivity index (χ4v) is 2.64. The minimum absolute atomic E-state index is 0.0566. The Morgan fingerprint density at radius 3 is 2.42 bits per heavy atom. The lowest BCUT2D eigenvalue weighted by atomic mass is 9.86. The number of rotatable bonds is 3. The van der Waals surface area contributed by atoms with E-state index in [0.717, 1.165) is 18.4 Å². The maximum atomic E-state index is 12.3. The van der Waals surface area contributed by atoms with Gasteiger partial charge in [0.2, 0.25) is 5.91 Å². The van der Waals surface area contributed by atoms with E-state index in [4.69, 9.17) is 0 Å². The van der Waals surface area contributed by atoms with Gasteiger partial charge in [-0.15, -0.1) is 0 Å². The van der Waals surface area contributed by atoms with Gasteiger partial charge in [-0.1, -0.05) is 42.7 Å². The van der Waals surface area contributed by atoms with Gasteiger partial charge in [-0.3, -0.25) is 4.79 Å². The molecule has 3 heteroatoms. The highest BCUT2D eigenvalue weighted by molar-refractivity contribution is 5.86. The van der Waals surface area contributed by atoms with Crippen LogP contribution in [0.4, 0.5) is 0 Å². The number of carbonyl (C=O) groups excluding carboxylic acids is 1. The molecular formula is C16H20N2O. The molecule has 0 spiro atoms. The van der Waals surface area contributed by atoms with E-state index in [1.165, 1.54) is 5.56 Å². The standard InChI is InChI=1S/C16H20N2O/c1-12-5-7-14(8-6-12)13(2)18-15(19)16(11-17)9-3-4-10-16/h5-8,13H,3-4,9-10H2,1-2H3,(H,18,19). The van der Waals surface area contributed by atoms with Crippen LogP contribution in [0.15, 0.2) is 24.3 Å². The first kappa shape index (κ1) is 13.6. The van der Waals surface area contributed by atoms with Crippen LogP contribution in [0.5, 0.6) is 0 Å². The van der Waals surface area contributed by atoms with E-state index in [2.05, 4.69) is 11.4 Å². The summed E-state index contributed by atoms with van der Waals surface area (Å²) in [4.78, 5) is 12.3. The molecule has 2 rings (SSSR count). The number of nitrogens with one attached hydrogen (secondary N) is 1. The first-order valence-electron chi connectivity index (χ1n) is 6.86. The predicted octanol–water partition coefficient (Wildman–Crippen LogP) is 3.26. The van der Waals surface area contributed by atoms with Gasteiger partial charge in [-0.2, -0.15) is 5.26 Å². The normalized spacial score (nSPS) is 18.6. The number of aryl methyl sites for hydroxylation is 1. The molecule has 1 aliphatic rings. The first-order valence-corrected chi connectivity index (χ1v) is 6.86. The van der Waals surface area contributed by atoms with Gasteiger partial charge < -0.3 is 5.32 Å². The highest BCUT2D eigenvalue weighted by Gasteiger charge is 2.41. The van der Waals surface area contributed by atoms with Gasteiger partial charge in [0.25, 0.3) is 0 Å². The number of carbonyl (C=O) groups is 1. The Kier molecular flexibility index (Phi) is 3.90. The van der Waals surface area contributed by atoms with Crippen LogP contribution in [0.2, 0.25) is 0 Å². The molecule has 0 aromatic heterocycles. The second-order valence-corrected chi connectivity index (χ2v) is 5.51. The monoisotopic (exact) mass is 256 g/mol. The van der Waals surface area contributed by atoms with Gasteiger partial charge in [0.1, 0.15) is 5.41 Å². The predicted molar refractivity (Wildman–Crippen MR) is 74.3 cm³/mol. The van der Waals surface area contributed by atoms with Crippen LogP contribution >= 0.6 is 0 Å². The minimum Gasteiger partial charge on any atom is -0.348 e. The van der Waals surface area contributed by atoms with Crippen molar-refractivity contribution in [2.24, 2.45) is 5.41 Å². The summed E-state index contributed by atoms with van der Waals surface area (Å²) < 4.78 is 0. The van der Waals surface area contributed by atoms with E-state index in [9.17, 15) is 10.1 Å². The van der Waals surface area contributed by atoms with Crippen LogP contribution in [0.25, 0.3) is 0 Å². The van der Waals surface area contributed by atoms with Crippen molar-refractivity contribution < 1.29 is 4.79 Å². The fraction of sp³-hybridized carbons (Fsp3) is 0.500. The summed E-state index contributed by atoms with van der Waals surface area (Å²) >= 11 is 0. The topological polar surface area (TPSA) is 52.9 Å². The molecule has 0 heterocycles. The maximum absolute atomic E-state index is 12.3. The molecule has 1 aromatic carbocycles. The van der Waals surface area contributed by atoms with Crippen molar-refractivity contribution in [1.29, 1.82) is 5.26 Å². The zero-order chi connectivity index (χ0) is 13.9. The second-order valence-electron chi connectivity index (χ2n) is 5.51. The van der Waals surface area contributed by atoms with Gasteiger partial charge in [0.05, 0.1) is 12.1 Å². The molecule has 1 unspecified atom stereocenters. The highest BCUT2D eigenvalue weighted by atomic mass is 16.2. The Morgan fingerprint density at radius 2 is 1.89 bits per heavy atom. The molecule has 19 heavy (non-hydrogen) atoms. The van der Waals surface area contributed by atoms with Crippen LogP contribution in [-0.2, 0) is 4.79 Å². The average molecular weight is 256 g/mol. The summed E-state index contributed by atoms with van der Waals surface area (Å²) in [7, 11) is 0. The number of benzene rings is 1. The van der Waals surface area contributed by atoms with Gasteiger partial charge in [0, 0.05) is 0 Å². The van der Waals surface area contributed by atoms with E-state index in [1.807, 2.05) is 38.1 Å². The maximum Gasteiger partial charge on any atom is 0.240 e. The van der Waals surface area contributed by atoms with Crippen LogP contribution in [-0.4, -0.2) is 5.91 Å². The Morgan fingerprint density at radius 1 is 1.32 bits per heavy atom. The molecule has 1 saturated carbocycles. The SMILES string of the molecule is Cc1ccc(C(C)NC(=O)C2(C#N)CCCC2)cc1. The van der Waals surface area contributed by atoms with Crippen LogP contribution in [0, 0.1) is 23.7 Å². The highest BCUT2D eigenvalue weighted by Crippen LogP contribution is 2.38. The van der Waals surface area contributed by atoms with Crippen molar-refractivity contribution in [3.8, 4) is 6.07 Å². The molecule has 100 valence electrons. The zero-order valence-corrected chi connectivity index (χ0v) is 11.6. The zero-order valence-electron chi connectivity index (χ0n) is 11.6. The van der Waals surface area contributed by atoms with Crippen molar-refractivity contribution in [2.45, 2.75) is 45.6 Å². The van der Waals surface area contributed by atoms with E-state index >= 15 is 0 Å². The van der Waals surface area contributed by atoms with Gasteiger partial charge in [-0.25, -0.2) is 0 Å². The Balaban J connectivity index is 2.06. The van der Waals surface area contributed by atoms with Crippen molar-refractivity contribution in [1.82, 2.24) is 5.32 Å². The number of nitrogens with zero attached hydrogens (tertiary/aromatic N) is 1. The smallest absolute Gasteiger partial charge is 0.240 e. The van der Waals surface area contributed by atoms with Crippen molar-refractivity contribution in [2.75, 3.05) is 0 Å². The fourth-order valence-electron chi connectivity index (χ4n) is 2.64. The molecule has 1 atom stereocenters. The Bertz CT molecular complexity index is 492. The summed E-state index contributed by atoms with van der Waals surface area (Å²) in [5.41, 5.74) is 1.48. The molecule has 1 aliphatic carbocycles. The number of nitriles is 1. The largest absolute Gasteiger partial charge is 0.348 e. The van der Waals surface area contributed by atoms with Gasteiger partial charge >= 0.3 is 0 Å². The van der Waals surface area contributed by atoms with E-state index in [0.29, 0.717) is 12.8 Å². The summed E-state index contributed by atoms with van der Waals surface area (Å²) in [6, 6.07) is 10.3. The molecular weight excluding hydrogens is 236 g/mol. The second kappa shape index (κ2) is 5.44. The summed E-state index contributed by atoms with van der Waals surface area (Å²) in [5, 5.41) is 12.3. The molecule has 1 N–H and O–H groups in total. The molecule has 0 radical (unpaired) electrons. The molecule has 1 aromatic rings. The number of hydrogen-bond acceptors (Lipinski definition) is 2. The summed E-state index contributed by atoms with van der Waals surface area (Å²) in [5.74, 6) is -0.111. The van der Waals surface area contributed by atoms with Crippen molar-refractivity contribution >= 4 is 5.91 Å². The van der Waals surface area contributed by atoms with Crippen LogP contribution in [0.3, 0.4) is 0 Å². The Labute approximate surface area is 114 Å². The third-order valence-corrected chi connectivity index (χ3v) is 4.03. The first-order chi connectivity index (χ1) is 9.07. The summed E-state index contributed by atoms with van der Waals surface area (Å²) in [6.07, 6.45) is 3.33. The minimum atomic E-state index is -0.793. The van der Waals surface area contributed by atoms with E-state index < -0.39 is 5.41 Å². The van der Waals surface area contributed by atoms with Crippen LogP contribution in [0.1, 0.15) is 49.8 Å². The molecule has 0 aliphatic heterocycles. The molecule has 1 amide bonds. The molecule has 1 fully saturated rings. The van der Waals surface area contributed by atoms with Crippen molar-refractivity contribution in [3.05, 3.63) is 35.4 Å². The van der Waals surface area contributed by atoms with Crippen LogP contribution < -0.4 is 5.32 Å². The quantitative estimate of drug-likeness (QED) is 0.902. The lowest BCUT2D eigenvalue weighted by molar-refractivity contribution is -0.128. The molecule has 0 saturated heterocycles. The molecule has 0 bridgehead atoms. The average Bonchev–Trinajstić information content (AvgIpc) is 2.89. The van der Waals surface area contributed by atoms with Gasteiger partial charge in [-0.05, 0) is 32.3 Å². The third-order valence-electron chi connectivity index (χ3n) is 4.03. The van der Waals surface area contributed by atoms with E-state index in [1.54, 1.807) is 0 Å². The summed E-state index contributed by atoms with van der Waals surface area (Å²) in [6.45, 7) is 4.00. The van der Waals surface area contributed by atoms with Crippen molar-refractivity contribution in [3.63, 3.8) is 0 Å². The third kappa shape index (κ3) is 2.78. The van der Waals surface area contributed by atoms with E-state index in [-0.39, 0.29) is 11.9 Å². The Hall–Kier alpha value is -1.82. The van der Waals surface area contributed by atoms with Gasteiger partial charge in [0.15, 0.2) is 0 Å². The molecule has 3 nitrogen and oxygen atoms in total. The lowest BCUT2D eigenvalue weighted by Crippen LogP contribution is -2.39. The number of hydrogen-bond donors (Lipinski definition) is 1.